The van der Waals surface area contributed by atoms with E-state index in [1.54, 1.807) is 0 Å². The van der Waals surface area contributed by atoms with E-state index in [2.05, 4.69) is 23.7 Å². The van der Waals surface area contributed by atoms with Gasteiger partial charge < -0.3 is 0 Å². The topological polar surface area (TPSA) is 19.9 Å². The lowest BCUT2D eigenvalue weighted by Gasteiger charge is -1.83. The molecule has 0 aromatic heterocycles. The van der Waals surface area contributed by atoms with Crippen molar-refractivity contribution in [3.05, 3.63) is 35.9 Å². The standard InChI is InChI=1S/C11H7O/c12-10-6-2-5-9-11-7-3-1-4-8-11/h1,3-4,7-8H,10H2. The van der Waals surface area contributed by atoms with Crippen molar-refractivity contribution in [2.24, 2.45) is 0 Å². The third-order valence-electron chi connectivity index (χ3n) is 1.20. The molecule has 1 aromatic carbocycles. The zero-order chi connectivity index (χ0) is 8.65. The molecule has 57 valence electrons. The second kappa shape index (κ2) is 5.02. The molecule has 0 atom stereocenters. The third-order valence-corrected chi connectivity index (χ3v) is 1.20. The molecular weight excluding hydrogens is 148 g/mol. The average molecular weight is 155 g/mol. The molecule has 1 nitrogen and oxygen atoms in total. The number of hydrogen-bond donors (Lipinski definition) is 0. The van der Waals surface area contributed by atoms with Crippen molar-refractivity contribution in [3.8, 4) is 23.7 Å². The Hall–Kier alpha value is -1.70. The molecule has 0 fully saturated rings. The van der Waals surface area contributed by atoms with Crippen LogP contribution in [0.3, 0.4) is 0 Å². The Morgan fingerprint density at radius 2 is 1.83 bits per heavy atom. The molecule has 1 rings (SSSR count). The van der Waals surface area contributed by atoms with Crippen LogP contribution >= 0.6 is 0 Å². The highest BCUT2D eigenvalue weighted by molar-refractivity contribution is 5.39. The van der Waals surface area contributed by atoms with Crippen LogP contribution in [-0.4, -0.2) is 6.61 Å². The largest absolute Gasteiger partial charge is 0.223 e. The number of benzene rings is 1. The van der Waals surface area contributed by atoms with E-state index in [0.29, 0.717) is 0 Å². The van der Waals surface area contributed by atoms with E-state index in [9.17, 15) is 5.11 Å². The molecule has 0 bridgehead atoms. The summed E-state index contributed by atoms with van der Waals surface area (Å²) in [5, 5.41) is 9.90. The minimum absolute atomic E-state index is 0.385. The fourth-order valence-electron chi connectivity index (χ4n) is 0.705. The van der Waals surface area contributed by atoms with E-state index in [4.69, 9.17) is 0 Å². The molecule has 0 amide bonds. The van der Waals surface area contributed by atoms with Crippen LogP contribution in [-0.2, 0) is 5.11 Å². The summed E-state index contributed by atoms with van der Waals surface area (Å²) in [5.74, 6) is 10.2. The molecular formula is C11H7O. The summed E-state index contributed by atoms with van der Waals surface area (Å²) in [4.78, 5) is 0. The maximum Gasteiger partial charge on any atom is 0.144 e. The smallest absolute Gasteiger partial charge is 0.144 e. The van der Waals surface area contributed by atoms with Crippen molar-refractivity contribution < 1.29 is 5.11 Å². The highest BCUT2D eigenvalue weighted by atomic mass is 16.2. The zero-order valence-electron chi connectivity index (χ0n) is 6.50. The van der Waals surface area contributed by atoms with Gasteiger partial charge in [0.15, 0.2) is 0 Å². The van der Waals surface area contributed by atoms with E-state index < -0.39 is 0 Å². The highest BCUT2D eigenvalue weighted by Crippen LogP contribution is 1.93. The number of rotatable bonds is 0. The summed E-state index contributed by atoms with van der Waals surface area (Å²) in [6, 6.07) is 9.53. The van der Waals surface area contributed by atoms with Crippen molar-refractivity contribution >= 4 is 0 Å². The average Bonchev–Trinajstić information content (AvgIpc) is 2.14. The van der Waals surface area contributed by atoms with Crippen LogP contribution < -0.4 is 0 Å². The maximum atomic E-state index is 9.90. The Morgan fingerprint density at radius 3 is 2.50 bits per heavy atom. The van der Waals surface area contributed by atoms with Gasteiger partial charge in [0.25, 0.3) is 0 Å². The van der Waals surface area contributed by atoms with Gasteiger partial charge in [-0.25, -0.2) is 5.11 Å². The third kappa shape index (κ3) is 2.92. The predicted molar refractivity (Wildman–Crippen MR) is 46.6 cm³/mol. The Morgan fingerprint density at radius 1 is 1.08 bits per heavy atom. The van der Waals surface area contributed by atoms with Crippen molar-refractivity contribution in [2.75, 3.05) is 6.61 Å². The molecule has 0 unspecified atom stereocenters. The van der Waals surface area contributed by atoms with Gasteiger partial charge >= 0.3 is 0 Å². The SMILES string of the molecule is [O]CC#CC#Cc1ccccc1. The monoisotopic (exact) mass is 155 g/mol. The first-order valence-electron chi connectivity index (χ1n) is 3.55. The van der Waals surface area contributed by atoms with Gasteiger partial charge in [-0.15, -0.1) is 0 Å². The van der Waals surface area contributed by atoms with Crippen LogP contribution in [0.2, 0.25) is 0 Å². The quantitative estimate of drug-likeness (QED) is 0.506. The molecule has 0 spiro atoms. The molecule has 0 aliphatic rings. The van der Waals surface area contributed by atoms with Crippen LogP contribution in [0.5, 0.6) is 0 Å². The minimum atomic E-state index is -0.385. The zero-order valence-corrected chi connectivity index (χ0v) is 6.50. The van der Waals surface area contributed by atoms with Gasteiger partial charge in [-0.05, 0) is 24.0 Å². The van der Waals surface area contributed by atoms with Crippen LogP contribution in [0.15, 0.2) is 30.3 Å². The second-order valence-corrected chi connectivity index (χ2v) is 2.06. The fraction of sp³-hybridized carbons (Fsp3) is 0.0909. The predicted octanol–water partition coefficient (Wildman–Crippen LogP) is 1.47. The summed E-state index contributed by atoms with van der Waals surface area (Å²) < 4.78 is 0. The van der Waals surface area contributed by atoms with Gasteiger partial charge in [-0.3, -0.25) is 0 Å². The second-order valence-electron chi connectivity index (χ2n) is 2.06. The first-order valence-corrected chi connectivity index (χ1v) is 3.55. The van der Waals surface area contributed by atoms with Crippen LogP contribution in [0.4, 0.5) is 0 Å². The Labute approximate surface area is 72.0 Å². The molecule has 1 radical (unpaired) electrons. The Bertz CT molecular complexity index is 343. The lowest BCUT2D eigenvalue weighted by molar-refractivity contribution is 0.239. The molecule has 0 aliphatic heterocycles. The van der Waals surface area contributed by atoms with Crippen LogP contribution in [0.25, 0.3) is 0 Å². The maximum absolute atomic E-state index is 9.90. The van der Waals surface area contributed by atoms with Gasteiger partial charge in [0.2, 0.25) is 0 Å². The summed E-state index contributed by atoms with van der Waals surface area (Å²) in [5.41, 5.74) is 0.915. The van der Waals surface area contributed by atoms with Gasteiger partial charge in [0.1, 0.15) is 6.61 Å². The van der Waals surface area contributed by atoms with Gasteiger partial charge in [-0.2, -0.15) is 0 Å². The van der Waals surface area contributed by atoms with Crippen molar-refractivity contribution in [1.29, 1.82) is 0 Å². The lowest BCUT2D eigenvalue weighted by Crippen LogP contribution is -1.70. The molecule has 0 saturated heterocycles. The minimum Gasteiger partial charge on any atom is -0.223 e. The first-order chi connectivity index (χ1) is 5.93. The molecule has 12 heavy (non-hydrogen) atoms. The van der Waals surface area contributed by atoms with Crippen molar-refractivity contribution in [2.45, 2.75) is 0 Å². The molecule has 0 N–H and O–H groups in total. The first kappa shape index (κ1) is 8.40. The summed E-state index contributed by atoms with van der Waals surface area (Å²) in [7, 11) is 0. The Kier molecular flexibility index (Phi) is 3.51. The van der Waals surface area contributed by atoms with Gasteiger partial charge in [0, 0.05) is 5.56 Å². The molecule has 1 heteroatoms. The highest BCUT2D eigenvalue weighted by Gasteiger charge is 1.78. The number of hydrogen-bond acceptors (Lipinski definition) is 0. The molecule has 0 heterocycles. The van der Waals surface area contributed by atoms with Crippen molar-refractivity contribution in [3.63, 3.8) is 0 Å². The normalized spacial score (nSPS) is 7.42. The fourth-order valence-corrected chi connectivity index (χ4v) is 0.705. The van der Waals surface area contributed by atoms with E-state index >= 15 is 0 Å². The van der Waals surface area contributed by atoms with E-state index in [-0.39, 0.29) is 6.61 Å². The van der Waals surface area contributed by atoms with Crippen LogP contribution in [0, 0.1) is 23.7 Å². The summed E-state index contributed by atoms with van der Waals surface area (Å²) >= 11 is 0. The van der Waals surface area contributed by atoms with E-state index in [0.717, 1.165) is 5.56 Å². The van der Waals surface area contributed by atoms with E-state index in [1.165, 1.54) is 0 Å². The molecule has 1 aromatic rings. The summed E-state index contributed by atoms with van der Waals surface area (Å²) in [6.07, 6.45) is 0. The van der Waals surface area contributed by atoms with Crippen molar-refractivity contribution in [1.82, 2.24) is 0 Å². The molecule has 0 saturated carbocycles. The van der Waals surface area contributed by atoms with Gasteiger partial charge in [-0.1, -0.05) is 30.0 Å². The van der Waals surface area contributed by atoms with E-state index in [1.807, 2.05) is 30.3 Å². The molecule has 0 aliphatic carbocycles. The van der Waals surface area contributed by atoms with Gasteiger partial charge in [0.05, 0.1) is 0 Å². The Balaban J connectivity index is 2.67. The lowest BCUT2D eigenvalue weighted by atomic mass is 10.2. The summed E-state index contributed by atoms with van der Waals surface area (Å²) in [6.45, 7) is -0.385. The van der Waals surface area contributed by atoms with Crippen LogP contribution in [0.1, 0.15) is 5.56 Å².